The summed E-state index contributed by atoms with van der Waals surface area (Å²) in [5, 5.41) is 8.51. The average molecular weight is 481 g/mol. The highest BCUT2D eigenvalue weighted by molar-refractivity contribution is 6.01. The zero-order chi connectivity index (χ0) is 25.2. The van der Waals surface area contributed by atoms with Crippen LogP contribution < -0.4 is 25.6 Å². The molecule has 0 aliphatic rings. The topological polar surface area (TPSA) is 82.7 Å². The van der Waals surface area contributed by atoms with Crippen LogP contribution in [0.3, 0.4) is 0 Å². The molecule has 4 amide bonds. The molecule has 0 saturated heterocycles. The fourth-order valence-electron chi connectivity index (χ4n) is 3.47. The second kappa shape index (κ2) is 12.1. The van der Waals surface area contributed by atoms with Gasteiger partial charge in [0.2, 0.25) is 0 Å². The second-order valence-corrected chi connectivity index (χ2v) is 8.10. The zero-order valence-corrected chi connectivity index (χ0v) is 20.0. The lowest BCUT2D eigenvalue weighted by molar-refractivity contribution is 0.250. The molecule has 36 heavy (non-hydrogen) atoms. The first-order valence-electron chi connectivity index (χ1n) is 11.6. The molecule has 0 saturated carbocycles. The minimum atomic E-state index is -0.341. The molecule has 4 aromatic rings. The molecule has 4 rings (SSSR count). The maximum atomic E-state index is 13.2. The zero-order valence-electron chi connectivity index (χ0n) is 20.0. The number of aryl methyl sites for hydroxylation is 1. The van der Waals surface area contributed by atoms with Gasteiger partial charge in [-0.25, -0.2) is 9.59 Å². The Morgan fingerprint density at radius 2 is 1.28 bits per heavy atom. The SMILES string of the molecule is Cc1ccc(NC(=O)N(CCNC(=O)Nc2ccccc2)c2ccc(Oc3ccccc3)cc2)cc1. The fourth-order valence-corrected chi connectivity index (χ4v) is 3.47. The van der Waals surface area contributed by atoms with Crippen molar-refractivity contribution in [1.82, 2.24) is 5.32 Å². The minimum Gasteiger partial charge on any atom is -0.457 e. The number of para-hydroxylation sites is 2. The normalized spacial score (nSPS) is 10.2. The smallest absolute Gasteiger partial charge is 0.326 e. The molecule has 0 heterocycles. The lowest BCUT2D eigenvalue weighted by atomic mass is 10.2. The van der Waals surface area contributed by atoms with Gasteiger partial charge in [0.25, 0.3) is 0 Å². The molecule has 7 heteroatoms. The summed E-state index contributed by atoms with van der Waals surface area (Å²) in [7, 11) is 0. The first-order chi connectivity index (χ1) is 17.6. The molecule has 182 valence electrons. The molecule has 0 unspecified atom stereocenters. The molecule has 4 aromatic carbocycles. The maximum Gasteiger partial charge on any atom is 0.326 e. The Hall–Kier alpha value is -4.78. The first-order valence-corrected chi connectivity index (χ1v) is 11.6. The lowest BCUT2D eigenvalue weighted by Crippen LogP contribution is -2.42. The molecule has 0 aliphatic carbocycles. The number of rotatable bonds is 8. The third-order valence-electron chi connectivity index (χ3n) is 5.33. The summed E-state index contributed by atoms with van der Waals surface area (Å²) in [6, 6.07) is 32.9. The third kappa shape index (κ3) is 7.11. The Kier molecular flexibility index (Phi) is 8.17. The monoisotopic (exact) mass is 480 g/mol. The van der Waals surface area contributed by atoms with Crippen molar-refractivity contribution in [3.63, 3.8) is 0 Å². The average Bonchev–Trinajstić information content (AvgIpc) is 2.90. The fraction of sp³-hybridized carbons (Fsp3) is 0.103. The highest BCUT2D eigenvalue weighted by Gasteiger charge is 2.17. The van der Waals surface area contributed by atoms with Gasteiger partial charge >= 0.3 is 12.1 Å². The quantitative estimate of drug-likeness (QED) is 0.264. The summed E-state index contributed by atoms with van der Waals surface area (Å²) in [4.78, 5) is 27.1. The summed E-state index contributed by atoms with van der Waals surface area (Å²) < 4.78 is 5.87. The molecule has 0 spiro atoms. The van der Waals surface area contributed by atoms with Gasteiger partial charge in [0.1, 0.15) is 11.5 Å². The van der Waals surface area contributed by atoms with E-state index in [1.54, 1.807) is 17.0 Å². The van der Waals surface area contributed by atoms with E-state index in [1.807, 2.05) is 104 Å². The van der Waals surface area contributed by atoms with Gasteiger partial charge in [0.05, 0.1) is 0 Å². The molecule has 0 radical (unpaired) electrons. The van der Waals surface area contributed by atoms with E-state index in [4.69, 9.17) is 4.74 Å². The number of carbonyl (C=O) groups excluding carboxylic acids is 2. The van der Waals surface area contributed by atoms with Crippen molar-refractivity contribution in [2.24, 2.45) is 0 Å². The molecule has 0 aromatic heterocycles. The molecule has 0 fully saturated rings. The largest absolute Gasteiger partial charge is 0.457 e. The minimum absolute atomic E-state index is 0.252. The lowest BCUT2D eigenvalue weighted by Gasteiger charge is -2.24. The number of benzene rings is 4. The number of amides is 4. The van der Waals surface area contributed by atoms with Crippen molar-refractivity contribution >= 4 is 29.1 Å². The van der Waals surface area contributed by atoms with Crippen molar-refractivity contribution in [2.45, 2.75) is 6.92 Å². The number of hydrogen-bond acceptors (Lipinski definition) is 3. The Morgan fingerprint density at radius 1 is 0.694 bits per heavy atom. The van der Waals surface area contributed by atoms with Gasteiger partial charge < -0.3 is 20.7 Å². The molecule has 0 aliphatic heterocycles. The predicted octanol–water partition coefficient (Wildman–Crippen LogP) is 6.65. The number of hydrogen-bond donors (Lipinski definition) is 3. The van der Waals surface area contributed by atoms with Crippen LogP contribution in [-0.2, 0) is 0 Å². The van der Waals surface area contributed by atoms with Crippen LogP contribution in [0.25, 0.3) is 0 Å². The second-order valence-electron chi connectivity index (χ2n) is 8.10. The first kappa shape index (κ1) is 24.3. The van der Waals surface area contributed by atoms with Crippen molar-refractivity contribution in [1.29, 1.82) is 0 Å². The highest BCUT2D eigenvalue weighted by atomic mass is 16.5. The van der Waals surface area contributed by atoms with Crippen molar-refractivity contribution in [3.05, 3.63) is 115 Å². The Morgan fingerprint density at radius 3 is 1.94 bits per heavy atom. The van der Waals surface area contributed by atoms with Crippen LogP contribution in [0.15, 0.2) is 109 Å². The van der Waals surface area contributed by atoms with E-state index in [1.165, 1.54) is 0 Å². The maximum absolute atomic E-state index is 13.2. The number of nitrogens with zero attached hydrogens (tertiary/aromatic N) is 1. The van der Waals surface area contributed by atoms with E-state index < -0.39 is 0 Å². The number of ether oxygens (including phenoxy) is 1. The van der Waals surface area contributed by atoms with Crippen LogP contribution in [0, 0.1) is 6.92 Å². The van der Waals surface area contributed by atoms with Gasteiger partial charge in [-0.2, -0.15) is 0 Å². The van der Waals surface area contributed by atoms with Gasteiger partial charge in [-0.05, 0) is 67.6 Å². The number of anilines is 3. The van der Waals surface area contributed by atoms with Gasteiger partial charge in [0.15, 0.2) is 0 Å². The number of carbonyl (C=O) groups is 2. The van der Waals surface area contributed by atoms with Crippen LogP contribution in [0.1, 0.15) is 5.56 Å². The van der Waals surface area contributed by atoms with E-state index in [0.717, 1.165) is 11.3 Å². The van der Waals surface area contributed by atoms with Crippen LogP contribution in [0.4, 0.5) is 26.7 Å². The van der Waals surface area contributed by atoms with Crippen LogP contribution >= 0.6 is 0 Å². The van der Waals surface area contributed by atoms with Crippen molar-refractivity contribution < 1.29 is 14.3 Å². The van der Waals surface area contributed by atoms with E-state index in [9.17, 15) is 9.59 Å². The van der Waals surface area contributed by atoms with E-state index >= 15 is 0 Å². The van der Waals surface area contributed by atoms with Crippen LogP contribution in [0.2, 0.25) is 0 Å². The van der Waals surface area contributed by atoms with Crippen LogP contribution in [0.5, 0.6) is 11.5 Å². The molecular weight excluding hydrogens is 452 g/mol. The number of urea groups is 2. The van der Waals surface area contributed by atoms with Gasteiger partial charge in [-0.3, -0.25) is 4.90 Å². The van der Waals surface area contributed by atoms with Crippen LogP contribution in [-0.4, -0.2) is 25.2 Å². The molecule has 0 atom stereocenters. The third-order valence-corrected chi connectivity index (χ3v) is 5.33. The van der Waals surface area contributed by atoms with Gasteiger partial charge in [-0.1, -0.05) is 54.1 Å². The highest BCUT2D eigenvalue weighted by Crippen LogP contribution is 2.25. The molecule has 3 N–H and O–H groups in total. The van der Waals surface area contributed by atoms with Crippen molar-refractivity contribution in [3.8, 4) is 11.5 Å². The van der Waals surface area contributed by atoms with Gasteiger partial charge in [0, 0.05) is 30.2 Å². The summed E-state index contributed by atoms with van der Waals surface area (Å²) in [6.45, 7) is 2.50. The van der Waals surface area contributed by atoms with E-state index in [2.05, 4.69) is 16.0 Å². The molecule has 0 bridgehead atoms. The standard InChI is InChI=1S/C29H28N4O3/c1-22-12-14-24(15-13-22)32-29(35)33(21-20-30-28(34)31-23-8-4-2-5-9-23)25-16-18-27(19-17-25)36-26-10-6-3-7-11-26/h2-19H,20-21H2,1H3,(H,32,35)(H2,30,31,34). The summed E-state index contributed by atoms with van der Waals surface area (Å²) in [5.74, 6) is 1.39. The summed E-state index contributed by atoms with van der Waals surface area (Å²) >= 11 is 0. The predicted molar refractivity (Wildman–Crippen MR) is 144 cm³/mol. The Labute approximate surface area is 210 Å². The van der Waals surface area contributed by atoms with Gasteiger partial charge in [-0.15, -0.1) is 0 Å². The van der Waals surface area contributed by atoms with Crippen molar-refractivity contribution in [2.75, 3.05) is 28.6 Å². The molecular formula is C29H28N4O3. The molecule has 7 nitrogen and oxygen atoms in total. The summed E-state index contributed by atoms with van der Waals surface area (Å²) in [6.07, 6.45) is 0. The van der Waals surface area contributed by atoms with E-state index in [-0.39, 0.29) is 25.2 Å². The van der Waals surface area contributed by atoms with E-state index in [0.29, 0.717) is 22.8 Å². The summed E-state index contributed by atoms with van der Waals surface area (Å²) in [5.41, 5.74) is 3.16. The number of nitrogens with one attached hydrogen (secondary N) is 3. The Balaban J connectivity index is 1.43. The Bertz CT molecular complexity index is 1260.